The van der Waals surface area contributed by atoms with Crippen LogP contribution in [0.25, 0.3) is 0 Å². The van der Waals surface area contributed by atoms with E-state index in [2.05, 4.69) is 25.4 Å². The van der Waals surface area contributed by atoms with Gasteiger partial charge in [-0.2, -0.15) is 0 Å². The van der Waals surface area contributed by atoms with Crippen LogP contribution in [0.3, 0.4) is 0 Å². The minimum absolute atomic E-state index is 0.0112. The number of nitrogens with one attached hydrogen (secondary N) is 2. The van der Waals surface area contributed by atoms with Gasteiger partial charge in [0.2, 0.25) is 5.91 Å². The second kappa shape index (κ2) is 12.2. The first-order valence-electron chi connectivity index (χ1n) is 9.88. The highest BCUT2D eigenvalue weighted by Gasteiger charge is 2.21. The van der Waals surface area contributed by atoms with Crippen molar-refractivity contribution >= 4 is 11.9 Å². The summed E-state index contributed by atoms with van der Waals surface area (Å²) in [6.07, 6.45) is -0.222. The minimum Gasteiger partial charge on any atom is -0.486 e. The molecule has 0 aromatic heterocycles. The Morgan fingerprint density at radius 1 is 1.24 bits per heavy atom. The zero-order chi connectivity index (χ0) is 21.1. The third kappa shape index (κ3) is 7.86. The molecule has 0 aliphatic carbocycles. The van der Waals surface area contributed by atoms with Crippen LogP contribution in [-0.2, 0) is 9.53 Å². The van der Waals surface area contributed by atoms with Gasteiger partial charge in [-0.1, -0.05) is 12.1 Å². The van der Waals surface area contributed by atoms with Gasteiger partial charge in [0.05, 0.1) is 19.7 Å². The van der Waals surface area contributed by atoms with Crippen LogP contribution >= 0.6 is 0 Å². The van der Waals surface area contributed by atoms with Gasteiger partial charge < -0.3 is 25.0 Å². The molecule has 8 nitrogen and oxygen atoms in total. The molecule has 29 heavy (non-hydrogen) atoms. The third-order valence-electron chi connectivity index (χ3n) is 4.59. The van der Waals surface area contributed by atoms with Crippen molar-refractivity contribution in [1.82, 2.24) is 20.4 Å². The number of piperazine rings is 1. The summed E-state index contributed by atoms with van der Waals surface area (Å²) in [4.78, 5) is 20.5. The van der Waals surface area contributed by atoms with E-state index in [1.807, 2.05) is 6.92 Å². The molecule has 0 bridgehead atoms. The number of carbonyl (C=O) groups excluding carboxylic acids is 1. The molecule has 0 radical (unpaired) electrons. The lowest BCUT2D eigenvalue weighted by molar-refractivity contribution is -0.122. The van der Waals surface area contributed by atoms with Crippen molar-refractivity contribution in [3.05, 3.63) is 30.1 Å². The predicted molar refractivity (Wildman–Crippen MR) is 111 cm³/mol. The molecular formula is C20H32FN5O3. The topological polar surface area (TPSA) is 78.4 Å². The van der Waals surface area contributed by atoms with Gasteiger partial charge in [-0.25, -0.2) is 4.39 Å². The summed E-state index contributed by atoms with van der Waals surface area (Å²) in [6, 6.07) is 6.38. The number of hydrogen-bond acceptors (Lipinski definition) is 5. The van der Waals surface area contributed by atoms with Crippen molar-refractivity contribution in [2.24, 2.45) is 4.99 Å². The fraction of sp³-hybridized carbons (Fsp3) is 0.600. The van der Waals surface area contributed by atoms with Gasteiger partial charge in [0.15, 0.2) is 17.5 Å². The molecule has 162 valence electrons. The first-order valence-corrected chi connectivity index (χ1v) is 9.88. The predicted octanol–water partition coefficient (Wildman–Crippen LogP) is 0.549. The summed E-state index contributed by atoms with van der Waals surface area (Å²) in [5, 5.41) is 6.12. The quantitative estimate of drug-likeness (QED) is 0.352. The van der Waals surface area contributed by atoms with Gasteiger partial charge in [0.1, 0.15) is 6.10 Å². The number of ether oxygens (including phenoxy) is 2. The van der Waals surface area contributed by atoms with Gasteiger partial charge in [-0.05, 0) is 19.1 Å². The number of rotatable bonds is 9. The maximum Gasteiger partial charge on any atom is 0.234 e. The lowest BCUT2D eigenvalue weighted by Gasteiger charge is -2.36. The van der Waals surface area contributed by atoms with E-state index >= 15 is 0 Å². The number of methoxy groups -OCH3 is 1. The maximum absolute atomic E-state index is 13.7. The Hall–Kier alpha value is -2.39. The third-order valence-corrected chi connectivity index (χ3v) is 4.59. The van der Waals surface area contributed by atoms with Crippen molar-refractivity contribution in [3.63, 3.8) is 0 Å². The van der Waals surface area contributed by atoms with Gasteiger partial charge in [0, 0.05) is 46.9 Å². The first-order chi connectivity index (χ1) is 14.0. The molecule has 1 heterocycles. The lowest BCUT2D eigenvalue weighted by Crippen LogP contribution is -2.54. The second-order valence-corrected chi connectivity index (χ2v) is 6.89. The van der Waals surface area contributed by atoms with Crippen LogP contribution in [0.1, 0.15) is 6.92 Å². The molecule has 9 heteroatoms. The van der Waals surface area contributed by atoms with Crippen molar-refractivity contribution in [2.45, 2.75) is 13.0 Å². The summed E-state index contributed by atoms with van der Waals surface area (Å²) < 4.78 is 24.3. The number of carbonyl (C=O) groups is 1. The van der Waals surface area contributed by atoms with E-state index in [0.717, 1.165) is 32.1 Å². The monoisotopic (exact) mass is 409 g/mol. The second-order valence-electron chi connectivity index (χ2n) is 6.89. The summed E-state index contributed by atoms with van der Waals surface area (Å²) in [5.74, 6) is 0.663. The fourth-order valence-electron chi connectivity index (χ4n) is 3.04. The molecule has 1 atom stereocenters. The fourth-order valence-corrected chi connectivity index (χ4v) is 3.04. The van der Waals surface area contributed by atoms with E-state index in [9.17, 15) is 9.18 Å². The smallest absolute Gasteiger partial charge is 0.234 e. The molecule has 1 amide bonds. The summed E-state index contributed by atoms with van der Waals surface area (Å²) in [7, 11) is 3.35. The summed E-state index contributed by atoms with van der Waals surface area (Å²) in [6.45, 7) is 6.91. The normalized spacial score (nSPS) is 16.4. The first kappa shape index (κ1) is 22.9. The Labute approximate surface area is 172 Å². The van der Waals surface area contributed by atoms with E-state index in [0.29, 0.717) is 26.2 Å². The number of benzene rings is 1. The summed E-state index contributed by atoms with van der Waals surface area (Å²) >= 11 is 0. The highest BCUT2D eigenvalue weighted by Crippen LogP contribution is 2.16. The molecule has 2 N–H and O–H groups in total. The molecule has 1 unspecified atom stereocenters. The molecule has 1 fully saturated rings. The zero-order valence-corrected chi connectivity index (χ0v) is 17.5. The largest absolute Gasteiger partial charge is 0.486 e. The zero-order valence-electron chi connectivity index (χ0n) is 17.5. The van der Waals surface area contributed by atoms with Gasteiger partial charge in [0.25, 0.3) is 0 Å². The number of aliphatic imine (C=N–C) groups is 1. The maximum atomic E-state index is 13.7. The highest BCUT2D eigenvalue weighted by molar-refractivity contribution is 5.80. The Morgan fingerprint density at radius 3 is 2.62 bits per heavy atom. The molecule has 2 rings (SSSR count). The van der Waals surface area contributed by atoms with Crippen LogP contribution in [0.2, 0.25) is 0 Å². The minimum atomic E-state index is -0.369. The van der Waals surface area contributed by atoms with Crippen LogP contribution < -0.4 is 15.4 Å². The molecule has 1 aliphatic rings. The van der Waals surface area contributed by atoms with Crippen molar-refractivity contribution < 1.29 is 18.7 Å². The average Bonchev–Trinajstić information content (AvgIpc) is 2.71. The Kier molecular flexibility index (Phi) is 9.66. The van der Waals surface area contributed by atoms with Crippen LogP contribution in [0, 0.1) is 5.82 Å². The van der Waals surface area contributed by atoms with E-state index in [-0.39, 0.29) is 23.6 Å². The van der Waals surface area contributed by atoms with Crippen LogP contribution in [0.4, 0.5) is 4.39 Å². The van der Waals surface area contributed by atoms with E-state index in [1.165, 1.54) is 6.07 Å². The molecule has 1 aliphatic heterocycles. The highest BCUT2D eigenvalue weighted by atomic mass is 19.1. The molecule has 1 saturated heterocycles. The lowest BCUT2D eigenvalue weighted by atomic mass is 10.3. The van der Waals surface area contributed by atoms with Crippen LogP contribution in [0.15, 0.2) is 29.3 Å². The van der Waals surface area contributed by atoms with Crippen molar-refractivity contribution in [1.29, 1.82) is 0 Å². The number of para-hydroxylation sites is 1. The Balaban J connectivity index is 1.71. The van der Waals surface area contributed by atoms with E-state index in [1.54, 1.807) is 32.4 Å². The number of hydrogen-bond donors (Lipinski definition) is 2. The van der Waals surface area contributed by atoms with Gasteiger partial charge in [-0.3, -0.25) is 14.7 Å². The van der Waals surface area contributed by atoms with Crippen molar-refractivity contribution in [3.8, 4) is 5.75 Å². The van der Waals surface area contributed by atoms with Gasteiger partial charge in [-0.15, -0.1) is 0 Å². The molecule has 1 aromatic carbocycles. The molecular weight excluding hydrogens is 377 g/mol. The molecule has 1 aromatic rings. The Bertz CT molecular complexity index is 665. The van der Waals surface area contributed by atoms with Crippen LogP contribution in [0.5, 0.6) is 5.75 Å². The number of guanidine groups is 1. The van der Waals surface area contributed by atoms with Crippen LogP contribution in [-0.4, -0.2) is 94.3 Å². The average molecular weight is 410 g/mol. The standard InChI is InChI=1S/C20H32FN5O3/c1-16(29-18-7-5-4-6-17(18)21)14-24-20(22-2)26-11-9-25(10-12-26)15-19(27)23-8-13-28-3/h4-7,16H,8-15H2,1-3H3,(H,22,24)(H,23,27). The number of amides is 1. The van der Waals surface area contributed by atoms with Gasteiger partial charge >= 0.3 is 0 Å². The summed E-state index contributed by atoms with van der Waals surface area (Å²) in [5.41, 5.74) is 0. The number of nitrogens with zero attached hydrogens (tertiary/aromatic N) is 3. The Morgan fingerprint density at radius 2 is 1.97 bits per heavy atom. The van der Waals surface area contributed by atoms with E-state index < -0.39 is 0 Å². The van der Waals surface area contributed by atoms with Crippen molar-refractivity contribution in [2.75, 3.05) is 66.6 Å². The van der Waals surface area contributed by atoms with E-state index in [4.69, 9.17) is 9.47 Å². The molecule has 0 saturated carbocycles. The number of halogens is 1. The molecule has 0 spiro atoms. The SMILES string of the molecule is CN=C(NCC(C)Oc1ccccc1F)N1CCN(CC(=O)NCCOC)CC1.